The molecule has 1 aliphatic carbocycles. The highest BCUT2D eigenvalue weighted by Gasteiger charge is 2.33. The van der Waals surface area contributed by atoms with Crippen molar-refractivity contribution in [3.63, 3.8) is 0 Å². The van der Waals surface area contributed by atoms with Gasteiger partial charge in [-0.15, -0.1) is 5.92 Å². The van der Waals surface area contributed by atoms with Crippen LogP contribution in [0.4, 0.5) is 0 Å². The first kappa shape index (κ1) is 12.6. The second-order valence-electron chi connectivity index (χ2n) is 4.70. The van der Waals surface area contributed by atoms with Gasteiger partial charge in [0.2, 0.25) is 0 Å². The molecular formula is C14H24O. The smallest absolute Gasteiger partial charge is 0.114 e. The summed E-state index contributed by atoms with van der Waals surface area (Å²) in [6.45, 7) is 4.42. The Bertz CT molecular complexity index is 223. The standard InChI is InChI=1S/C14H24O/c1-3-5-6-9-14(15)10-7-8-13-11-12(13)4-2/h12-15H,3-6,8-9,11H2,1-2H3. The van der Waals surface area contributed by atoms with Gasteiger partial charge in [0, 0.05) is 6.42 Å². The molecule has 1 rings (SSSR count). The van der Waals surface area contributed by atoms with E-state index < -0.39 is 0 Å². The summed E-state index contributed by atoms with van der Waals surface area (Å²) in [5.41, 5.74) is 0. The van der Waals surface area contributed by atoms with Crippen LogP contribution in [0, 0.1) is 23.7 Å². The molecular weight excluding hydrogens is 184 g/mol. The molecule has 0 bridgehead atoms. The van der Waals surface area contributed by atoms with Gasteiger partial charge in [-0.2, -0.15) is 0 Å². The lowest BCUT2D eigenvalue weighted by Gasteiger charge is -2.01. The zero-order valence-corrected chi connectivity index (χ0v) is 10.1. The molecule has 0 aromatic carbocycles. The second-order valence-corrected chi connectivity index (χ2v) is 4.70. The largest absolute Gasteiger partial charge is 0.380 e. The van der Waals surface area contributed by atoms with Gasteiger partial charge in [-0.1, -0.05) is 39.0 Å². The fourth-order valence-electron chi connectivity index (χ4n) is 2.03. The predicted octanol–water partition coefficient (Wildman–Crippen LogP) is 3.37. The van der Waals surface area contributed by atoms with Crippen molar-refractivity contribution in [2.24, 2.45) is 11.8 Å². The molecule has 0 amide bonds. The SMILES string of the molecule is CCCCCC(O)C#CCC1CC1CC. The van der Waals surface area contributed by atoms with E-state index in [1.807, 2.05) is 0 Å². The highest BCUT2D eigenvalue weighted by atomic mass is 16.3. The maximum atomic E-state index is 9.56. The lowest BCUT2D eigenvalue weighted by molar-refractivity contribution is 0.217. The van der Waals surface area contributed by atoms with E-state index in [0.29, 0.717) is 0 Å². The highest BCUT2D eigenvalue weighted by Crippen LogP contribution is 2.43. The van der Waals surface area contributed by atoms with Gasteiger partial charge in [0.1, 0.15) is 6.10 Å². The van der Waals surface area contributed by atoms with Gasteiger partial charge in [0.15, 0.2) is 0 Å². The Morgan fingerprint density at radius 3 is 2.67 bits per heavy atom. The van der Waals surface area contributed by atoms with Crippen LogP contribution in [-0.4, -0.2) is 11.2 Å². The summed E-state index contributed by atoms with van der Waals surface area (Å²) in [7, 11) is 0. The summed E-state index contributed by atoms with van der Waals surface area (Å²) in [6.07, 6.45) is 7.65. The Morgan fingerprint density at radius 2 is 2.07 bits per heavy atom. The van der Waals surface area contributed by atoms with E-state index in [4.69, 9.17) is 0 Å². The Labute approximate surface area is 94.3 Å². The molecule has 1 saturated carbocycles. The molecule has 0 aliphatic heterocycles. The van der Waals surface area contributed by atoms with Gasteiger partial charge in [-0.05, 0) is 31.1 Å². The van der Waals surface area contributed by atoms with E-state index in [2.05, 4.69) is 25.7 Å². The van der Waals surface area contributed by atoms with Crippen LogP contribution in [0.15, 0.2) is 0 Å². The molecule has 1 nitrogen and oxygen atoms in total. The number of rotatable bonds is 6. The van der Waals surface area contributed by atoms with Crippen LogP contribution in [-0.2, 0) is 0 Å². The van der Waals surface area contributed by atoms with Crippen LogP contribution >= 0.6 is 0 Å². The quantitative estimate of drug-likeness (QED) is 0.524. The Hall–Kier alpha value is -0.480. The van der Waals surface area contributed by atoms with E-state index in [1.54, 1.807) is 0 Å². The molecule has 1 N–H and O–H groups in total. The van der Waals surface area contributed by atoms with Crippen LogP contribution in [0.3, 0.4) is 0 Å². The van der Waals surface area contributed by atoms with Crippen molar-refractivity contribution in [2.45, 2.75) is 64.9 Å². The molecule has 3 unspecified atom stereocenters. The van der Waals surface area contributed by atoms with Crippen LogP contribution < -0.4 is 0 Å². The van der Waals surface area contributed by atoms with Gasteiger partial charge in [-0.25, -0.2) is 0 Å². The van der Waals surface area contributed by atoms with Crippen molar-refractivity contribution in [2.75, 3.05) is 0 Å². The third-order valence-electron chi connectivity index (χ3n) is 3.31. The molecule has 0 aromatic rings. The second kappa shape index (κ2) is 6.90. The van der Waals surface area contributed by atoms with E-state index in [-0.39, 0.29) is 6.10 Å². The molecule has 0 radical (unpaired) electrons. The van der Waals surface area contributed by atoms with Crippen molar-refractivity contribution in [1.82, 2.24) is 0 Å². The zero-order chi connectivity index (χ0) is 11.1. The van der Waals surface area contributed by atoms with Crippen molar-refractivity contribution in [3.8, 4) is 11.8 Å². The van der Waals surface area contributed by atoms with Gasteiger partial charge < -0.3 is 5.11 Å². The fraction of sp³-hybridized carbons (Fsp3) is 0.857. The highest BCUT2D eigenvalue weighted by molar-refractivity contribution is 5.07. The molecule has 0 heterocycles. The van der Waals surface area contributed by atoms with Gasteiger partial charge in [0.05, 0.1) is 0 Å². The minimum absolute atomic E-state index is 0.379. The predicted molar refractivity (Wildman–Crippen MR) is 64.4 cm³/mol. The van der Waals surface area contributed by atoms with Crippen molar-refractivity contribution < 1.29 is 5.11 Å². The normalized spacial score (nSPS) is 25.5. The van der Waals surface area contributed by atoms with E-state index in [0.717, 1.165) is 31.1 Å². The van der Waals surface area contributed by atoms with Gasteiger partial charge >= 0.3 is 0 Å². The zero-order valence-electron chi connectivity index (χ0n) is 10.1. The molecule has 0 spiro atoms. The van der Waals surface area contributed by atoms with Crippen molar-refractivity contribution >= 4 is 0 Å². The summed E-state index contributed by atoms with van der Waals surface area (Å²) in [6, 6.07) is 0. The molecule has 3 atom stereocenters. The summed E-state index contributed by atoms with van der Waals surface area (Å²) in [4.78, 5) is 0. The van der Waals surface area contributed by atoms with Crippen molar-refractivity contribution in [1.29, 1.82) is 0 Å². The molecule has 1 fully saturated rings. The Kier molecular flexibility index (Phi) is 5.79. The van der Waals surface area contributed by atoms with Crippen LogP contribution in [0.1, 0.15) is 58.8 Å². The summed E-state index contributed by atoms with van der Waals surface area (Å²) < 4.78 is 0. The number of hydrogen-bond acceptors (Lipinski definition) is 1. The van der Waals surface area contributed by atoms with Crippen LogP contribution in [0.2, 0.25) is 0 Å². The van der Waals surface area contributed by atoms with Gasteiger partial charge in [-0.3, -0.25) is 0 Å². The van der Waals surface area contributed by atoms with Gasteiger partial charge in [0.25, 0.3) is 0 Å². The minimum atomic E-state index is -0.379. The van der Waals surface area contributed by atoms with E-state index >= 15 is 0 Å². The molecule has 86 valence electrons. The van der Waals surface area contributed by atoms with Crippen LogP contribution in [0.25, 0.3) is 0 Å². The average Bonchev–Trinajstić information content (AvgIpc) is 2.97. The fourth-order valence-corrected chi connectivity index (χ4v) is 2.03. The molecule has 1 aliphatic rings. The lowest BCUT2D eigenvalue weighted by Crippen LogP contribution is -2.02. The van der Waals surface area contributed by atoms with E-state index in [1.165, 1.54) is 25.7 Å². The number of hydrogen-bond donors (Lipinski definition) is 1. The topological polar surface area (TPSA) is 20.2 Å². The van der Waals surface area contributed by atoms with Crippen molar-refractivity contribution in [3.05, 3.63) is 0 Å². The minimum Gasteiger partial charge on any atom is -0.380 e. The number of aliphatic hydroxyl groups is 1. The molecule has 0 aromatic heterocycles. The molecule has 15 heavy (non-hydrogen) atoms. The first-order chi connectivity index (χ1) is 7.27. The maximum Gasteiger partial charge on any atom is 0.114 e. The third-order valence-corrected chi connectivity index (χ3v) is 3.31. The first-order valence-corrected chi connectivity index (χ1v) is 6.44. The Morgan fingerprint density at radius 1 is 1.27 bits per heavy atom. The summed E-state index contributed by atoms with van der Waals surface area (Å²) in [5.74, 6) is 7.87. The third kappa shape index (κ3) is 5.23. The Balaban J connectivity index is 2.04. The molecule has 1 heteroatoms. The first-order valence-electron chi connectivity index (χ1n) is 6.44. The van der Waals surface area contributed by atoms with Crippen LogP contribution in [0.5, 0.6) is 0 Å². The summed E-state index contributed by atoms with van der Waals surface area (Å²) >= 11 is 0. The van der Waals surface area contributed by atoms with E-state index in [9.17, 15) is 5.11 Å². The molecule has 0 saturated heterocycles. The average molecular weight is 208 g/mol. The summed E-state index contributed by atoms with van der Waals surface area (Å²) in [5, 5.41) is 9.56. The lowest BCUT2D eigenvalue weighted by atomic mass is 10.1. The maximum absolute atomic E-state index is 9.56. The monoisotopic (exact) mass is 208 g/mol. The number of unbranched alkanes of at least 4 members (excludes halogenated alkanes) is 2. The number of aliphatic hydroxyl groups excluding tert-OH is 1.